The third kappa shape index (κ3) is 3.68. The van der Waals surface area contributed by atoms with Gasteiger partial charge in [0.1, 0.15) is 0 Å². The summed E-state index contributed by atoms with van der Waals surface area (Å²) in [5, 5.41) is 4.29. The first kappa shape index (κ1) is 13.3. The number of halogens is 2. The van der Waals surface area contributed by atoms with Gasteiger partial charge < -0.3 is 10.2 Å². The Balaban J connectivity index is 1.81. The van der Waals surface area contributed by atoms with Crippen molar-refractivity contribution >= 4 is 27.5 Å². The molecule has 1 fully saturated rings. The second-order valence-electron chi connectivity index (χ2n) is 4.64. The van der Waals surface area contributed by atoms with Gasteiger partial charge in [-0.15, -0.1) is 0 Å². The Morgan fingerprint density at radius 1 is 1.53 bits per heavy atom. The first-order chi connectivity index (χ1) is 8.16. The van der Waals surface area contributed by atoms with Crippen LogP contribution < -0.4 is 5.32 Å². The van der Waals surface area contributed by atoms with Crippen LogP contribution in [0.5, 0.6) is 0 Å². The minimum atomic E-state index is 0.695. The smallest absolute Gasteiger partial charge is 0.0417 e. The average molecular weight is 318 g/mol. The van der Waals surface area contributed by atoms with Crippen LogP contribution in [-0.2, 0) is 6.54 Å². The number of hydrogen-bond donors (Lipinski definition) is 1. The SMILES string of the molecule is CN1CCCC1CNCc1ccc(Cl)cc1Br. The molecule has 2 rings (SSSR count). The summed E-state index contributed by atoms with van der Waals surface area (Å²) in [7, 11) is 2.21. The van der Waals surface area contributed by atoms with Gasteiger partial charge in [0.05, 0.1) is 0 Å². The molecule has 1 heterocycles. The molecule has 2 nitrogen and oxygen atoms in total. The predicted molar refractivity (Wildman–Crippen MR) is 76.5 cm³/mol. The van der Waals surface area contributed by atoms with E-state index in [1.807, 2.05) is 12.1 Å². The van der Waals surface area contributed by atoms with Crippen LogP contribution in [-0.4, -0.2) is 31.1 Å². The minimum Gasteiger partial charge on any atom is -0.311 e. The molecule has 0 spiro atoms. The molecule has 4 heteroatoms. The van der Waals surface area contributed by atoms with Crippen molar-refractivity contribution in [2.45, 2.75) is 25.4 Å². The third-order valence-electron chi connectivity index (χ3n) is 3.38. The number of hydrogen-bond acceptors (Lipinski definition) is 2. The summed E-state index contributed by atoms with van der Waals surface area (Å²) in [5.74, 6) is 0. The monoisotopic (exact) mass is 316 g/mol. The number of likely N-dealkylation sites (tertiary alicyclic amines) is 1. The molecule has 0 bridgehead atoms. The van der Waals surface area contributed by atoms with Gasteiger partial charge in [0, 0.05) is 28.6 Å². The standard InChI is InChI=1S/C13H18BrClN2/c1-17-6-2-3-12(17)9-16-8-10-4-5-11(15)7-13(10)14/h4-5,7,12,16H,2-3,6,8-9H2,1H3. The van der Waals surface area contributed by atoms with E-state index in [0.29, 0.717) is 6.04 Å². The first-order valence-electron chi connectivity index (χ1n) is 6.01. The molecular weight excluding hydrogens is 300 g/mol. The molecule has 0 radical (unpaired) electrons. The van der Waals surface area contributed by atoms with Crippen molar-refractivity contribution < 1.29 is 0 Å². The van der Waals surface area contributed by atoms with Crippen molar-refractivity contribution in [1.29, 1.82) is 0 Å². The lowest BCUT2D eigenvalue weighted by atomic mass is 10.2. The van der Waals surface area contributed by atoms with Crippen LogP contribution in [0.25, 0.3) is 0 Å². The summed E-state index contributed by atoms with van der Waals surface area (Å²) in [6.07, 6.45) is 2.64. The van der Waals surface area contributed by atoms with Crippen molar-refractivity contribution in [3.05, 3.63) is 33.3 Å². The fourth-order valence-corrected chi connectivity index (χ4v) is 3.10. The summed E-state index contributed by atoms with van der Waals surface area (Å²) in [6, 6.07) is 6.64. The van der Waals surface area contributed by atoms with Gasteiger partial charge >= 0.3 is 0 Å². The van der Waals surface area contributed by atoms with Crippen LogP contribution in [0.3, 0.4) is 0 Å². The molecule has 1 unspecified atom stereocenters. The maximum atomic E-state index is 5.92. The van der Waals surface area contributed by atoms with E-state index in [9.17, 15) is 0 Å². The Labute approximate surface area is 116 Å². The van der Waals surface area contributed by atoms with Crippen LogP contribution in [0.15, 0.2) is 22.7 Å². The molecule has 1 aliphatic rings. The predicted octanol–water partition coefficient (Wildman–Crippen LogP) is 3.29. The van der Waals surface area contributed by atoms with Crippen molar-refractivity contribution in [1.82, 2.24) is 10.2 Å². The molecule has 1 saturated heterocycles. The Morgan fingerprint density at radius 3 is 3.00 bits per heavy atom. The Morgan fingerprint density at radius 2 is 2.35 bits per heavy atom. The first-order valence-corrected chi connectivity index (χ1v) is 7.19. The van der Waals surface area contributed by atoms with Gasteiger partial charge in [0.15, 0.2) is 0 Å². The molecule has 0 saturated carbocycles. The number of benzene rings is 1. The Bertz CT molecular complexity index is 384. The summed E-state index contributed by atoms with van der Waals surface area (Å²) < 4.78 is 1.08. The van der Waals surface area contributed by atoms with E-state index >= 15 is 0 Å². The molecule has 1 aromatic carbocycles. The van der Waals surface area contributed by atoms with E-state index in [1.165, 1.54) is 24.9 Å². The van der Waals surface area contributed by atoms with Crippen molar-refractivity contribution in [2.75, 3.05) is 20.1 Å². The van der Waals surface area contributed by atoms with Crippen LogP contribution in [0.4, 0.5) is 0 Å². The van der Waals surface area contributed by atoms with Crippen LogP contribution in [0, 0.1) is 0 Å². The molecule has 1 aromatic rings. The van der Waals surface area contributed by atoms with E-state index in [-0.39, 0.29) is 0 Å². The van der Waals surface area contributed by atoms with Crippen molar-refractivity contribution in [3.63, 3.8) is 0 Å². The lowest BCUT2D eigenvalue weighted by molar-refractivity contribution is 0.300. The molecule has 0 aliphatic carbocycles. The van der Waals surface area contributed by atoms with Gasteiger partial charge in [-0.3, -0.25) is 0 Å². The highest BCUT2D eigenvalue weighted by Gasteiger charge is 2.19. The second kappa shape index (κ2) is 6.19. The number of nitrogens with zero attached hydrogens (tertiary/aromatic N) is 1. The fraction of sp³-hybridized carbons (Fsp3) is 0.538. The molecule has 94 valence electrons. The molecule has 1 atom stereocenters. The number of likely N-dealkylation sites (N-methyl/N-ethyl adjacent to an activating group) is 1. The van der Waals surface area contributed by atoms with Crippen LogP contribution >= 0.6 is 27.5 Å². The summed E-state index contributed by atoms with van der Waals surface area (Å²) in [4.78, 5) is 2.43. The van der Waals surface area contributed by atoms with Gasteiger partial charge in [-0.1, -0.05) is 33.6 Å². The van der Waals surface area contributed by atoms with Crippen molar-refractivity contribution in [3.8, 4) is 0 Å². The zero-order chi connectivity index (χ0) is 12.3. The van der Waals surface area contributed by atoms with E-state index in [0.717, 1.165) is 22.6 Å². The van der Waals surface area contributed by atoms with E-state index in [2.05, 4.69) is 39.3 Å². The maximum absolute atomic E-state index is 5.92. The second-order valence-corrected chi connectivity index (χ2v) is 5.93. The fourth-order valence-electron chi connectivity index (χ4n) is 2.28. The molecule has 0 amide bonds. The Hall–Kier alpha value is -0.0900. The lowest BCUT2D eigenvalue weighted by Crippen LogP contribution is -2.35. The van der Waals surface area contributed by atoms with Crippen LogP contribution in [0.2, 0.25) is 5.02 Å². The zero-order valence-corrected chi connectivity index (χ0v) is 12.4. The zero-order valence-electron chi connectivity index (χ0n) is 10.0. The highest BCUT2D eigenvalue weighted by atomic mass is 79.9. The summed E-state index contributed by atoms with van der Waals surface area (Å²) >= 11 is 9.45. The third-order valence-corrected chi connectivity index (χ3v) is 4.36. The topological polar surface area (TPSA) is 15.3 Å². The van der Waals surface area contributed by atoms with Crippen molar-refractivity contribution in [2.24, 2.45) is 0 Å². The van der Waals surface area contributed by atoms with E-state index in [4.69, 9.17) is 11.6 Å². The largest absolute Gasteiger partial charge is 0.311 e. The normalized spacial score (nSPS) is 21.0. The van der Waals surface area contributed by atoms with Gasteiger partial charge in [-0.25, -0.2) is 0 Å². The lowest BCUT2D eigenvalue weighted by Gasteiger charge is -2.19. The molecule has 0 aromatic heterocycles. The average Bonchev–Trinajstić information content (AvgIpc) is 2.68. The minimum absolute atomic E-state index is 0.695. The summed E-state index contributed by atoms with van der Waals surface area (Å²) in [5.41, 5.74) is 1.26. The molecular formula is C13H18BrClN2. The summed E-state index contributed by atoms with van der Waals surface area (Å²) in [6.45, 7) is 3.19. The van der Waals surface area contributed by atoms with E-state index < -0.39 is 0 Å². The van der Waals surface area contributed by atoms with Gasteiger partial charge in [-0.2, -0.15) is 0 Å². The molecule has 17 heavy (non-hydrogen) atoms. The Kier molecular flexibility index (Phi) is 4.86. The van der Waals surface area contributed by atoms with Crippen LogP contribution in [0.1, 0.15) is 18.4 Å². The number of rotatable bonds is 4. The van der Waals surface area contributed by atoms with Gasteiger partial charge in [0.25, 0.3) is 0 Å². The van der Waals surface area contributed by atoms with Gasteiger partial charge in [-0.05, 0) is 44.1 Å². The quantitative estimate of drug-likeness (QED) is 0.917. The highest BCUT2D eigenvalue weighted by molar-refractivity contribution is 9.10. The van der Waals surface area contributed by atoms with E-state index in [1.54, 1.807) is 0 Å². The molecule has 1 aliphatic heterocycles. The highest BCUT2D eigenvalue weighted by Crippen LogP contribution is 2.21. The molecule has 1 N–H and O–H groups in total. The number of nitrogens with one attached hydrogen (secondary N) is 1. The maximum Gasteiger partial charge on any atom is 0.0417 e. The van der Waals surface area contributed by atoms with Gasteiger partial charge in [0.2, 0.25) is 0 Å².